The third-order valence-electron chi connectivity index (χ3n) is 2.13. The summed E-state index contributed by atoms with van der Waals surface area (Å²) in [6, 6.07) is 0. The molecule has 16 heavy (non-hydrogen) atoms. The average Bonchev–Trinajstić information content (AvgIpc) is 2.30. The maximum Gasteiger partial charge on any atom is 0.148 e. The van der Waals surface area contributed by atoms with E-state index in [-0.39, 0.29) is 0 Å². The molecule has 0 aliphatic carbocycles. The topological polar surface area (TPSA) is 41.1 Å². The van der Waals surface area contributed by atoms with Crippen molar-refractivity contribution in [1.82, 2.24) is 15.3 Å². The van der Waals surface area contributed by atoms with Crippen molar-refractivity contribution < 1.29 is 0 Å². The fraction of sp³-hybridized carbons (Fsp3) is 0.500. The minimum Gasteiger partial charge on any atom is -0.344 e. The summed E-state index contributed by atoms with van der Waals surface area (Å²) in [5.41, 5.74) is 0.929. The highest BCUT2D eigenvalue weighted by Gasteiger charge is 2.06. The van der Waals surface area contributed by atoms with Gasteiger partial charge in [-0.25, -0.2) is 4.98 Å². The van der Waals surface area contributed by atoms with E-state index in [1.54, 1.807) is 12.4 Å². The van der Waals surface area contributed by atoms with Gasteiger partial charge >= 0.3 is 0 Å². The van der Waals surface area contributed by atoms with Crippen molar-refractivity contribution in [2.45, 2.75) is 19.9 Å². The van der Waals surface area contributed by atoms with Gasteiger partial charge in [-0.1, -0.05) is 12.8 Å². The van der Waals surface area contributed by atoms with E-state index in [4.69, 9.17) is 6.42 Å². The van der Waals surface area contributed by atoms with Gasteiger partial charge in [0.25, 0.3) is 0 Å². The summed E-state index contributed by atoms with van der Waals surface area (Å²) in [4.78, 5) is 10.7. The normalized spacial score (nSPS) is 9.81. The molecule has 1 rings (SSSR count). The third-order valence-corrected chi connectivity index (χ3v) is 2.13. The van der Waals surface area contributed by atoms with Crippen molar-refractivity contribution in [2.75, 3.05) is 25.0 Å². The van der Waals surface area contributed by atoms with Gasteiger partial charge in [-0.15, -0.1) is 6.42 Å². The van der Waals surface area contributed by atoms with Crippen molar-refractivity contribution >= 4 is 5.82 Å². The molecular weight excluding hydrogens is 200 g/mol. The summed E-state index contributed by atoms with van der Waals surface area (Å²) in [6.45, 7) is 4.32. The number of hydrogen-bond acceptors (Lipinski definition) is 4. The molecule has 1 N–H and O–H groups in total. The monoisotopic (exact) mass is 218 g/mol. The minimum atomic E-state index is 0.575. The SMILES string of the molecule is C#CCN(CCC)c1cncc(CNC)n1. The van der Waals surface area contributed by atoms with E-state index in [1.807, 2.05) is 7.05 Å². The van der Waals surface area contributed by atoms with Crippen molar-refractivity contribution in [3.05, 3.63) is 18.1 Å². The molecule has 0 aromatic carbocycles. The maximum atomic E-state index is 5.34. The summed E-state index contributed by atoms with van der Waals surface area (Å²) in [5.74, 6) is 3.50. The Kier molecular flexibility index (Phi) is 5.30. The predicted molar refractivity (Wildman–Crippen MR) is 66.1 cm³/mol. The van der Waals surface area contributed by atoms with Crippen molar-refractivity contribution in [3.8, 4) is 12.3 Å². The van der Waals surface area contributed by atoms with Crippen LogP contribution in [0.5, 0.6) is 0 Å². The van der Waals surface area contributed by atoms with Crippen LogP contribution in [0.1, 0.15) is 19.0 Å². The van der Waals surface area contributed by atoms with Crippen LogP contribution in [0.2, 0.25) is 0 Å². The Morgan fingerprint density at radius 3 is 2.94 bits per heavy atom. The molecule has 0 bridgehead atoms. The molecule has 0 saturated carbocycles. The summed E-state index contributed by atoms with van der Waals surface area (Å²) in [6.07, 6.45) is 9.90. The van der Waals surface area contributed by atoms with E-state index < -0.39 is 0 Å². The first-order valence-corrected chi connectivity index (χ1v) is 5.45. The highest BCUT2D eigenvalue weighted by atomic mass is 15.2. The first-order valence-electron chi connectivity index (χ1n) is 5.45. The summed E-state index contributed by atoms with van der Waals surface area (Å²) >= 11 is 0. The molecule has 0 radical (unpaired) electrons. The lowest BCUT2D eigenvalue weighted by Gasteiger charge is -2.20. The Labute approximate surface area is 97.1 Å². The molecule has 0 aliphatic rings. The number of rotatable bonds is 6. The van der Waals surface area contributed by atoms with Gasteiger partial charge < -0.3 is 10.2 Å². The Hall–Kier alpha value is -1.60. The fourth-order valence-electron chi connectivity index (χ4n) is 1.47. The number of terminal acetylenes is 1. The van der Waals surface area contributed by atoms with Crippen LogP contribution in [0.15, 0.2) is 12.4 Å². The molecule has 1 aromatic heterocycles. The average molecular weight is 218 g/mol. The zero-order chi connectivity index (χ0) is 11.8. The highest BCUT2D eigenvalue weighted by Crippen LogP contribution is 2.09. The zero-order valence-corrected chi connectivity index (χ0v) is 9.90. The summed E-state index contributed by atoms with van der Waals surface area (Å²) < 4.78 is 0. The van der Waals surface area contributed by atoms with Gasteiger partial charge in [0.1, 0.15) is 5.82 Å². The second kappa shape index (κ2) is 6.81. The van der Waals surface area contributed by atoms with Gasteiger partial charge in [0.15, 0.2) is 0 Å². The molecule has 1 aromatic rings. The number of anilines is 1. The number of nitrogens with one attached hydrogen (secondary N) is 1. The minimum absolute atomic E-state index is 0.575. The van der Waals surface area contributed by atoms with Crippen LogP contribution in [-0.2, 0) is 6.54 Å². The van der Waals surface area contributed by atoms with Crippen molar-refractivity contribution in [1.29, 1.82) is 0 Å². The molecule has 0 amide bonds. The Bertz CT molecular complexity index is 356. The molecule has 86 valence electrons. The molecule has 0 unspecified atom stereocenters. The Morgan fingerprint density at radius 2 is 2.31 bits per heavy atom. The van der Waals surface area contributed by atoms with Gasteiger partial charge in [-0.3, -0.25) is 4.98 Å². The maximum absolute atomic E-state index is 5.34. The van der Waals surface area contributed by atoms with Crippen LogP contribution in [0.4, 0.5) is 5.82 Å². The van der Waals surface area contributed by atoms with Gasteiger partial charge in [-0.2, -0.15) is 0 Å². The Balaban J connectivity index is 2.82. The molecule has 0 saturated heterocycles. The van der Waals surface area contributed by atoms with E-state index >= 15 is 0 Å². The molecule has 0 fully saturated rings. The van der Waals surface area contributed by atoms with E-state index in [0.29, 0.717) is 6.54 Å². The molecule has 0 aliphatic heterocycles. The number of aromatic nitrogens is 2. The second-order valence-electron chi connectivity index (χ2n) is 3.52. The van der Waals surface area contributed by atoms with Crippen LogP contribution < -0.4 is 10.2 Å². The fourth-order valence-corrected chi connectivity index (χ4v) is 1.47. The summed E-state index contributed by atoms with van der Waals surface area (Å²) in [7, 11) is 1.89. The van der Waals surface area contributed by atoms with Crippen LogP contribution in [0, 0.1) is 12.3 Å². The Morgan fingerprint density at radius 1 is 1.50 bits per heavy atom. The van der Waals surface area contributed by atoms with Crippen LogP contribution in [-0.4, -0.2) is 30.1 Å². The van der Waals surface area contributed by atoms with E-state index in [1.165, 1.54) is 0 Å². The molecule has 1 heterocycles. The van der Waals surface area contributed by atoms with Gasteiger partial charge in [0, 0.05) is 19.3 Å². The van der Waals surface area contributed by atoms with Gasteiger partial charge in [0.2, 0.25) is 0 Å². The molecular formula is C12H18N4. The van der Waals surface area contributed by atoms with E-state index in [0.717, 1.165) is 31.0 Å². The van der Waals surface area contributed by atoms with Crippen LogP contribution in [0.25, 0.3) is 0 Å². The lowest BCUT2D eigenvalue weighted by atomic mass is 10.4. The van der Waals surface area contributed by atoms with E-state index in [2.05, 4.69) is 33.0 Å². The van der Waals surface area contributed by atoms with E-state index in [9.17, 15) is 0 Å². The zero-order valence-electron chi connectivity index (χ0n) is 9.90. The second-order valence-corrected chi connectivity index (χ2v) is 3.52. The number of nitrogens with zero attached hydrogens (tertiary/aromatic N) is 3. The molecule has 0 spiro atoms. The lowest BCUT2D eigenvalue weighted by Crippen LogP contribution is -2.26. The standard InChI is InChI=1S/C12H18N4/c1-4-6-16(7-5-2)12-10-14-9-11(15-12)8-13-3/h1,9-10,13H,5-8H2,2-3H3. The predicted octanol–water partition coefficient (Wildman–Crippen LogP) is 1.05. The largest absolute Gasteiger partial charge is 0.344 e. The molecule has 4 nitrogen and oxygen atoms in total. The first-order chi connectivity index (χ1) is 7.81. The first kappa shape index (κ1) is 12.5. The summed E-state index contributed by atoms with van der Waals surface area (Å²) in [5, 5.41) is 3.05. The smallest absolute Gasteiger partial charge is 0.148 e. The molecule has 0 atom stereocenters. The number of hydrogen-bond donors (Lipinski definition) is 1. The van der Waals surface area contributed by atoms with Crippen molar-refractivity contribution in [3.63, 3.8) is 0 Å². The van der Waals surface area contributed by atoms with Crippen LogP contribution >= 0.6 is 0 Å². The van der Waals surface area contributed by atoms with Gasteiger partial charge in [-0.05, 0) is 13.5 Å². The quantitative estimate of drug-likeness (QED) is 0.725. The third kappa shape index (κ3) is 3.52. The lowest BCUT2D eigenvalue weighted by molar-refractivity contribution is 0.762. The van der Waals surface area contributed by atoms with Crippen LogP contribution in [0.3, 0.4) is 0 Å². The van der Waals surface area contributed by atoms with Gasteiger partial charge in [0.05, 0.1) is 18.4 Å². The highest BCUT2D eigenvalue weighted by molar-refractivity contribution is 5.38. The molecule has 4 heteroatoms. The van der Waals surface area contributed by atoms with Crippen molar-refractivity contribution in [2.24, 2.45) is 0 Å².